The second-order valence-electron chi connectivity index (χ2n) is 5.81. The molecule has 0 fully saturated rings. The van der Waals surface area contributed by atoms with Crippen LogP contribution < -0.4 is 5.32 Å². The molecule has 2 aromatic rings. The highest BCUT2D eigenvalue weighted by atomic mass is 32.1. The van der Waals surface area contributed by atoms with Gasteiger partial charge in [-0.25, -0.2) is 0 Å². The quantitative estimate of drug-likeness (QED) is 0.905. The number of nitrogens with one attached hydrogen (secondary N) is 1. The van der Waals surface area contributed by atoms with Gasteiger partial charge < -0.3 is 5.32 Å². The van der Waals surface area contributed by atoms with Crippen LogP contribution in [0.3, 0.4) is 0 Å². The zero-order chi connectivity index (χ0) is 15.5. The lowest BCUT2D eigenvalue weighted by Crippen LogP contribution is -2.44. The number of amides is 1. The molecule has 2 aromatic heterocycles. The van der Waals surface area contributed by atoms with Crippen molar-refractivity contribution in [1.82, 2.24) is 10.2 Å². The monoisotopic (exact) mass is 334 g/mol. The molecule has 3 nitrogen and oxygen atoms in total. The van der Waals surface area contributed by atoms with E-state index in [-0.39, 0.29) is 18.0 Å². The lowest BCUT2D eigenvalue weighted by molar-refractivity contribution is -0.123. The van der Waals surface area contributed by atoms with Crippen molar-refractivity contribution in [2.45, 2.75) is 38.8 Å². The van der Waals surface area contributed by atoms with E-state index in [0.717, 1.165) is 19.4 Å². The molecule has 0 saturated carbocycles. The highest BCUT2D eigenvalue weighted by Gasteiger charge is 2.31. The van der Waals surface area contributed by atoms with E-state index < -0.39 is 0 Å². The minimum absolute atomic E-state index is 0.134. The van der Waals surface area contributed by atoms with Crippen LogP contribution in [0.25, 0.3) is 0 Å². The highest BCUT2D eigenvalue weighted by molar-refractivity contribution is 7.10. The Kier molecular flexibility index (Phi) is 4.96. The number of carbonyl (C=O) groups is 1. The molecular weight excluding hydrogens is 312 g/mol. The Morgan fingerprint density at radius 1 is 1.41 bits per heavy atom. The van der Waals surface area contributed by atoms with Crippen LogP contribution in [0.2, 0.25) is 0 Å². The Morgan fingerprint density at radius 3 is 3.00 bits per heavy atom. The van der Waals surface area contributed by atoms with Crippen LogP contribution in [-0.2, 0) is 11.2 Å². The largest absolute Gasteiger partial charge is 0.353 e. The lowest BCUT2D eigenvalue weighted by Gasteiger charge is -2.35. The van der Waals surface area contributed by atoms with Crippen molar-refractivity contribution in [1.29, 1.82) is 0 Å². The summed E-state index contributed by atoms with van der Waals surface area (Å²) < 4.78 is 0. The van der Waals surface area contributed by atoms with Crippen molar-refractivity contribution in [3.05, 3.63) is 44.3 Å². The number of nitrogens with zero attached hydrogens (tertiary/aromatic N) is 1. The maximum atomic E-state index is 12.3. The first-order valence-electron chi connectivity index (χ1n) is 7.82. The lowest BCUT2D eigenvalue weighted by atomic mass is 9.98. The Hall–Kier alpha value is -1.17. The molecule has 1 aliphatic rings. The van der Waals surface area contributed by atoms with Gasteiger partial charge in [-0.1, -0.05) is 13.0 Å². The van der Waals surface area contributed by atoms with Gasteiger partial charge in [0.25, 0.3) is 0 Å². The van der Waals surface area contributed by atoms with Crippen LogP contribution in [0.1, 0.15) is 41.6 Å². The van der Waals surface area contributed by atoms with Gasteiger partial charge in [-0.3, -0.25) is 9.69 Å². The first kappa shape index (κ1) is 15.7. The molecule has 22 heavy (non-hydrogen) atoms. The topological polar surface area (TPSA) is 32.3 Å². The third-order valence-electron chi connectivity index (χ3n) is 4.24. The molecule has 2 atom stereocenters. The molecular formula is C17H22N2OS2. The fourth-order valence-corrected chi connectivity index (χ4v) is 4.71. The average Bonchev–Trinajstić information content (AvgIpc) is 3.17. The van der Waals surface area contributed by atoms with E-state index in [9.17, 15) is 4.79 Å². The SMILES string of the molecule is CC[C@H](C)NC(=O)CN1CCc2sccc2[C@@H]1c1cccs1. The van der Waals surface area contributed by atoms with Crippen molar-refractivity contribution in [3.8, 4) is 0 Å². The third-order valence-corrected chi connectivity index (χ3v) is 6.17. The van der Waals surface area contributed by atoms with E-state index in [1.54, 1.807) is 11.3 Å². The summed E-state index contributed by atoms with van der Waals surface area (Å²) >= 11 is 3.62. The number of rotatable bonds is 5. The van der Waals surface area contributed by atoms with Crippen LogP contribution >= 0.6 is 22.7 Å². The fourth-order valence-electron chi connectivity index (χ4n) is 2.93. The molecule has 0 spiro atoms. The molecule has 0 saturated heterocycles. The molecule has 3 heterocycles. The van der Waals surface area contributed by atoms with Crippen LogP contribution in [0.4, 0.5) is 0 Å². The summed E-state index contributed by atoms with van der Waals surface area (Å²) in [6, 6.07) is 6.98. The molecule has 1 N–H and O–H groups in total. The number of hydrogen-bond acceptors (Lipinski definition) is 4. The Labute approximate surface area is 140 Å². The van der Waals surface area contributed by atoms with Crippen molar-refractivity contribution in [3.63, 3.8) is 0 Å². The first-order valence-corrected chi connectivity index (χ1v) is 9.58. The van der Waals surface area contributed by atoms with Gasteiger partial charge >= 0.3 is 0 Å². The van der Waals surface area contributed by atoms with Gasteiger partial charge in [-0.05, 0) is 48.2 Å². The summed E-state index contributed by atoms with van der Waals surface area (Å²) in [5, 5.41) is 7.38. The van der Waals surface area contributed by atoms with E-state index in [1.165, 1.54) is 15.3 Å². The summed E-state index contributed by atoms with van der Waals surface area (Å²) in [6.45, 7) is 5.58. The second-order valence-corrected chi connectivity index (χ2v) is 7.79. The van der Waals surface area contributed by atoms with Crippen molar-refractivity contribution in [2.24, 2.45) is 0 Å². The second kappa shape index (κ2) is 6.94. The van der Waals surface area contributed by atoms with Gasteiger partial charge in [0.15, 0.2) is 0 Å². The van der Waals surface area contributed by atoms with E-state index in [1.807, 2.05) is 11.3 Å². The molecule has 1 amide bonds. The van der Waals surface area contributed by atoms with Gasteiger partial charge in [0, 0.05) is 22.3 Å². The number of thiophene rings is 2. The van der Waals surface area contributed by atoms with Crippen molar-refractivity contribution in [2.75, 3.05) is 13.1 Å². The molecule has 1 aliphatic heterocycles. The zero-order valence-electron chi connectivity index (χ0n) is 13.0. The summed E-state index contributed by atoms with van der Waals surface area (Å²) in [4.78, 5) is 17.4. The van der Waals surface area contributed by atoms with E-state index >= 15 is 0 Å². The molecule has 0 bridgehead atoms. The number of hydrogen-bond donors (Lipinski definition) is 1. The van der Waals surface area contributed by atoms with Gasteiger partial charge in [0.1, 0.15) is 0 Å². The van der Waals surface area contributed by atoms with E-state index in [4.69, 9.17) is 0 Å². The Morgan fingerprint density at radius 2 is 2.27 bits per heavy atom. The molecule has 118 valence electrons. The predicted molar refractivity (Wildman–Crippen MR) is 93.7 cm³/mol. The predicted octanol–water partition coefficient (Wildman–Crippen LogP) is 3.67. The average molecular weight is 335 g/mol. The summed E-state index contributed by atoms with van der Waals surface area (Å²) in [7, 11) is 0. The van der Waals surface area contributed by atoms with Crippen LogP contribution in [0.5, 0.6) is 0 Å². The van der Waals surface area contributed by atoms with Gasteiger partial charge in [0.05, 0.1) is 12.6 Å². The van der Waals surface area contributed by atoms with Gasteiger partial charge in [-0.2, -0.15) is 0 Å². The minimum Gasteiger partial charge on any atom is -0.353 e. The van der Waals surface area contributed by atoms with E-state index in [0.29, 0.717) is 6.54 Å². The molecule has 0 aliphatic carbocycles. The molecule has 0 unspecified atom stereocenters. The van der Waals surface area contributed by atoms with Crippen molar-refractivity contribution >= 4 is 28.6 Å². The highest BCUT2D eigenvalue weighted by Crippen LogP contribution is 2.39. The summed E-state index contributed by atoms with van der Waals surface area (Å²) in [6.07, 6.45) is 2.01. The maximum absolute atomic E-state index is 12.3. The van der Waals surface area contributed by atoms with E-state index in [2.05, 4.69) is 53.0 Å². The minimum atomic E-state index is 0.134. The Balaban J connectivity index is 1.80. The molecule has 0 aromatic carbocycles. The smallest absolute Gasteiger partial charge is 0.234 e. The van der Waals surface area contributed by atoms with Crippen molar-refractivity contribution < 1.29 is 4.79 Å². The number of carbonyl (C=O) groups excluding carboxylic acids is 1. The maximum Gasteiger partial charge on any atom is 0.234 e. The normalized spacial score (nSPS) is 19.6. The van der Waals surface area contributed by atoms with Crippen LogP contribution in [-0.4, -0.2) is 29.9 Å². The standard InChI is InChI=1S/C17H22N2OS2/c1-3-12(2)18-16(20)11-19-8-6-14-13(7-10-22-14)17(19)15-5-4-9-21-15/h4-5,7,9-10,12,17H,3,6,8,11H2,1-2H3,(H,18,20)/t12-,17+/m0/s1. The third kappa shape index (κ3) is 3.26. The van der Waals surface area contributed by atoms with Gasteiger partial charge in [0.2, 0.25) is 5.91 Å². The zero-order valence-corrected chi connectivity index (χ0v) is 14.7. The summed E-state index contributed by atoms with van der Waals surface area (Å²) in [5.41, 5.74) is 1.38. The molecule has 3 rings (SSSR count). The molecule has 5 heteroatoms. The van der Waals surface area contributed by atoms with Crippen LogP contribution in [0.15, 0.2) is 29.0 Å². The Bertz CT molecular complexity index is 620. The van der Waals surface area contributed by atoms with Gasteiger partial charge in [-0.15, -0.1) is 22.7 Å². The molecule has 0 radical (unpaired) electrons. The summed E-state index contributed by atoms with van der Waals surface area (Å²) in [5.74, 6) is 0.134. The first-order chi connectivity index (χ1) is 10.7. The number of fused-ring (bicyclic) bond motifs is 1. The fraction of sp³-hybridized carbons (Fsp3) is 0.471. The van der Waals surface area contributed by atoms with Crippen LogP contribution in [0, 0.1) is 0 Å².